The number of Topliss-reactive ketones (excluding diaryl/α,β-unsaturated/α-hetero) is 1. The molecule has 3 aliphatic heterocycles. The van der Waals surface area contributed by atoms with Crippen molar-refractivity contribution in [1.82, 2.24) is 0 Å². The van der Waals surface area contributed by atoms with Crippen molar-refractivity contribution in [3.8, 4) is 5.75 Å². The van der Waals surface area contributed by atoms with E-state index < -0.39 is 0 Å². The Bertz CT molecular complexity index is 735. The molecule has 0 spiro atoms. The number of methoxy groups -OCH3 is 1. The second-order valence-electron chi connectivity index (χ2n) is 7.41. The number of piperidine rings is 3. The number of quaternary nitrogens is 1. The molecule has 0 aliphatic carbocycles. The monoisotopic (exact) mass is 336 g/mol. The van der Waals surface area contributed by atoms with Gasteiger partial charge in [0.05, 0.1) is 32.7 Å². The minimum atomic E-state index is -0.112. The zero-order valence-corrected chi connectivity index (χ0v) is 14.8. The molecule has 2 aromatic rings. The van der Waals surface area contributed by atoms with E-state index in [1.807, 2.05) is 48.5 Å². The first-order valence-corrected chi connectivity index (χ1v) is 9.33. The molecule has 0 radical (unpaired) electrons. The molecule has 3 fully saturated rings. The lowest BCUT2D eigenvalue weighted by molar-refractivity contribution is -0.921. The van der Waals surface area contributed by atoms with Crippen molar-refractivity contribution in [2.75, 3.05) is 26.7 Å². The van der Waals surface area contributed by atoms with Crippen LogP contribution in [0.25, 0.3) is 0 Å². The van der Waals surface area contributed by atoms with Gasteiger partial charge in [-0.05, 0) is 12.0 Å². The third kappa shape index (κ3) is 3.09. The SMILES string of the molecule is COc1ccccc1[C@@H](C(=O)c1ccccc1)[C@@H]1C[NH+]2CCC1CC2. The van der Waals surface area contributed by atoms with E-state index in [4.69, 9.17) is 4.74 Å². The van der Waals surface area contributed by atoms with Gasteiger partial charge in [-0.15, -0.1) is 0 Å². The number of hydrogen-bond donors (Lipinski definition) is 1. The van der Waals surface area contributed by atoms with Gasteiger partial charge in [0.15, 0.2) is 5.78 Å². The van der Waals surface area contributed by atoms with E-state index in [2.05, 4.69) is 6.07 Å². The van der Waals surface area contributed by atoms with Crippen LogP contribution < -0.4 is 9.64 Å². The minimum absolute atomic E-state index is 0.112. The molecule has 2 bridgehead atoms. The molecule has 3 saturated heterocycles. The summed E-state index contributed by atoms with van der Waals surface area (Å²) in [7, 11) is 1.70. The average molecular weight is 336 g/mol. The summed E-state index contributed by atoms with van der Waals surface area (Å²) >= 11 is 0. The van der Waals surface area contributed by atoms with Crippen LogP contribution in [0.2, 0.25) is 0 Å². The van der Waals surface area contributed by atoms with E-state index in [-0.39, 0.29) is 11.7 Å². The zero-order valence-electron chi connectivity index (χ0n) is 14.8. The Balaban J connectivity index is 1.77. The van der Waals surface area contributed by atoms with Gasteiger partial charge in [-0.3, -0.25) is 4.79 Å². The van der Waals surface area contributed by atoms with Crippen LogP contribution in [0, 0.1) is 11.8 Å². The van der Waals surface area contributed by atoms with E-state index in [1.165, 1.54) is 25.9 Å². The number of ether oxygens (including phenoxy) is 1. The van der Waals surface area contributed by atoms with Gasteiger partial charge in [-0.1, -0.05) is 48.5 Å². The molecular weight excluding hydrogens is 310 g/mol. The van der Waals surface area contributed by atoms with Crippen molar-refractivity contribution >= 4 is 5.78 Å². The van der Waals surface area contributed by atoms with Gasteiger partial charge in [0.1, 0.15) is 5.75 Å². The Kier molecular flexibility index (Phi) is 4.58. The zero-order chi connectivity index (χ0) is 17.2. The fourth-order valence-electron chi connectivity index (χ4n) is 4.84. The fourth-order valence-corrected chi connectivity index (χ4v) is 4.84. The third-order valence-corrected chi connectivity index (χ3v) is 6.11. The van der Waals surface area contributed by atoms with Crippen LogP contribution in [-0.4, -0.2) is 32.5 Å². The molecule has 3 heterocycles. The number of benzene rings is 2. The minimum Gasteiger partial charge on any atom is -0.496 e. The average Bonchev–Trinajstić information content (AvgIpc) is 2.70. The Hall–Kier alpha value is -2.13. The second-order valence-corrected chi connectivity index (χ2v) is 7.41. The van der Waals surface area contributed by atoms with Crippen molar-refractivity contribution < 1.29 is 14.4 Å². The molecule has 5 rings (SSSR count). The molecule has 130 valence electrons. The number of para-hydroxylation sites is 1. The fraction of sp³-hybridized carbons (Fsp3) is 0.409. The maximum absolute atomic E-state index is 13.5. The first-order chi connectivity index (χ1) is 12.3. The van der Waals surface area contributed by atoms with Crippen LogP contribution in [0.4, 0.5) is 0 Å². The van der Waals surface area contributed by atoms with Gasteiger partial charge < -0.3 is 9.64 Å². The molecule has 0 amide bonds. The maximum atomic E-state index is 13.5. The van der Waals surface area contributed by atoms with Crippen LogP contribution >= 0.6 is 0 Å². The number of rotatable bonds is 5. The van der Waals surface area contributed by atoms with E-state index in [0.717, 1.165) is 23.4 Å². The Morgan fingerprint density at radius 1 is 1.04 bits per heavy atom. The largest absolute Gasteiger partial charge is 0.496 e. The second kappa shape index (κ2) is 7.01. The van der Waals surface area contributed by atoms with Crippen LogP contribution in [0.1, 0.15) is 34.7 Å². The number of ketones is 1. The predicted molar refractivity (Wildman–Crippen MR) is 98.3 cm³/mol. The third-order valence-electron chi connectivity index (χ3n) is 6.11. The van der Waals surface area contributed by atoms with Crippen LogP contribution in [0.15, 0.2) is 54.6 Å². The van der Waals surface area contributed by atoms with Gasteiger partial charge in [0.25, 0.3) is 0 Å². The molecule has 25 heavy (non-hydrogen) atoms. The number of carbonyl (C=O) groups excluding carboxylic acids is 1. The highest BCUT2D eigenvalue weighted by Crippen LogP contribution is 2.41. The summed E-state index contributed by atoms with van der Waals surface area (Å²) in [6, 6.07) is 17.8. The molecule has 3 heteroatoms. The quantitative estimate of drug-likeness (QED) is 0.851. The van der Waals surface area contributed by atoms with Gasteiger partial charge in [0.2, 0.25) is 0 Å². The number of fused-ring (bicyclic) bond motifs is 3. The molecule has 2 aromatic carbocycles. The molecule has 3 aliphatic rings. The molecule has 0 aromatic heterocycles. The van der Waals surface area contributed by atoms with Crippen LogP contribution in [0.3, 0.4) is 0 Å². The lowest BCUT2D eigenvalue weighted by atomic mass is 9.68. The van der Waals surface area contributed by atoms with Gasteiger partial charge in [-0.2, -0.15) is 0 Å². The Morgan fingerprint density at radius 3 is 2.36 bits per heavy atom. The summed E-state index contributed by atoms with van der Waals surface area (Å²) in [4.78, 5) is 15.2. The molecule has 0 saturated carbocycles. The van der Waals surface area contributed by atoms with Crippen molar-refractivity contribution in [3.05, 3.63) is 65.7 Å². The van der Waals surface area contributed by atoms with E-state index in [9.17, 15) is 4.79 Å². The number of hydrogen-bond acceptors (Lipinski definition) is 2. The highest BCUT2D eigenvalue weighted by atomic mass is 16.5. The summed E-state index contributed by atoms with van der Waals surface area (Å²) in [5.74, 6) is 2.02. The molecule has 0 unspecified atom stereocenters. The Labute approximate surface area is 149 Å². The topological polar surface area (TPSA) is 30.7 Å². The van der Waals surface area contributed by atoms with E-state index in [1.54, 1.807) is 12.0 Å². The standard InChI is InChI=1S/C22H25NO2/c1-25-20-10-6-5-9-18(20)21(22(24)17-7-3-2-4-8-17)19-15-23-13-11-16(19)12-14-23/h2-10,16,19,21H,11-15H2,1H3/p+1/t19-,21-/m1/s1. The highest BCUT2D eigenvalue weighted by molar-refractivity contribution is 6.01. The van der Waals surface area contributed by atoms with Gasteiger partial charge >= 0.3 is 0 Å². The highest BCUT2D eigenvalue weighted by Gasteiger charge is 2.45. The smallest absolute Gasteiger partial charge is 0.170 e. The van der Waals surface area contributed by atoms with Crippen LogP contribution in [0.5, 0.6) is 5.75 Å². The van der Waals surface area contributed by atoms with Crippen molar-refractivity contribution in [1.29, 1.82) is 0 Å². The van der Waals surface area contributed by atoms with Gasteiger partial charge in [-0.25, -0.2) is 0 Å². The maximum Gasteiger partial charge on any atom is 0.170 e. The summed E-state index contributed by atoms with van der Waals surface area (Å²) in [6.07, 6.45) is 2.49. The van der Waals surface area contributed by atoms with E-state index >= 15 is 0 Å². The van der Waals surface area contributed by atoms with E-state index in [0.29, 0.717) is 11.8 Å². The predicted octanol–water partition coefficient (Wildman–Crippen LogP) is 2.59. The van der Waals surface area contributed by atoms with Crippen LogP contribution in [-0.2, 0) is 0 Å². The lowest BCUT2D eigenvalue weighted by Crippen LogP contribution is -3.16. The summed E-state index contributed by atoms with van der Waals surface area (Å²) < 4.78 is 5.62. The summed E-state index contributed by atoms with van der Waals surface area (Å²) in [5, 5.41) is 0. The van der Waals surface area contributed by atoms with Crippen molar-refractivity contribution in [3.63, 3.8) is 0 Å². The molecular formula is C22H26NO2+. The van der Waals surface area contributed by atoms with Crippen molar-refractivity contribution in [2.24, 2.45) is 11.8 Å². The molecule has 3 nitrogen and oxygen atoms in total. The normalized spacial score (nSPS) is 26.2. The molecule has 1 N–H and O–H groups in total. The first-order valence-electron chi connectivity index (χ1n) is 9.33. The first kappa shape index (κ1) is 16.3. The summed E-state index contributed by atoms with van der Waals surface area (Å²) in [5.41, 5.74) is 1.86. The van der Waals surface area contributed by atoms with Crippen molar-refractivity contribution in [2.45, 2.75) is 18.8 Å². The number of carbonyl (C=O) groups is 1. The number of nitrogens with one attached hydrogen (secondary N) is 1. The summed E-state index contributed by atoms with van der Waals surface area (Å²) in [6.45, 7) is 3.63. The molecule has 2 atom stereocenters. The lowest BCUT2D eigenvalue weighted by Gasteiger charge is -2.44. The Morgan fingerprint density at radius 2 is 1.72 bits per heavy atom. The van der Waals surface area contributed by atoms with Gasteiger partial charge in [0, 0.05) is 29.9 Å².